The molecule has 11 rings (SSSR count). The Morgan fingerprint density at radius 2 is 0.533 bits per heavy atom. The summed E-state index contributed by atoms with van der Waals surface area (Å²) in [5.41, 5.74) is 14.4. The quantitative estimate of drug-likeness (QED) is 0.0327. The molecule has 8 aromatic rings. The van der Waals surface area contributed by atoms with Gasteiger partial charge in [-0.05, 0) is 105 Å². The highest BCUT2D eigenvalue weighted by Crippen LogP contribution is 2.26. The molecule has 0 atom stereocenters. The van der Waals surface area contributed by atoms with Gasteiger partial charge in [0, 0.05) is 93.4 Å². The first-order valence-corrected chi connectivity index (χ1v) is 37.8. The van der Waals surface area contributed by atoms with Crippen LogP contribution in [0.2, 0.25) is 0 Å². The third kappa shape index (κ3) is 28.5. The minimum Gasteiger partial charge on any atom is -0.334 e. The van der Waals surface area contributed by atoms with E-state index in [9.17, 15) is 33.6 Å². The number of nitrogens with zero attached hydrogens (tertiary/aromatic N) is 15. The molecule has 0 aliphatic carbocycles. The Balaban J connectivity index is 0.000000181. The van der Waals surface area contributed by atoms with E-state index in [0.29, 0.717) is 87.2 Å². The number of amides is 3. The summed E-state index contributed by atoms with van der Waals surface area (Å²) in [6, 6.07) is 33.0. The fourth-order valence-electron chi connectivity index (χ4n) is 11.8. The normalized spacial score (nSPS) is 13.3. The zero-order valence-electron chi connectivity index (χ0n) is 63.1. The molecule has 0 radical (unpaired) electrons. The van der Waals surface area contributed by atoms with E-state index in [2.05, 4.69) is 142 Å². The van der Waals surface area contributed by atoms with Gasteiger partial charge in [-0.15, -0.1) is 35.6 Å². The van der Waals surface area contributed by atoms with Gasteiger partial charge in [0.2, 0.25) is 0 Å². The Hall–Kier alpha value is -10.9. The van der Waals surface area contributed by atoms with Crippen molar-refractivity contribution in [1.29, 1.82) is 0 Å². The van der Waals surface area contributed by atoms with Crippen molar-refractivity contribution in [3.05, 3.63) is 181 Å². The Labute approximate surface area is 628 Å². The van der Waals surface area contributed by atoms with Crippen LogP contribution < -0.4 is 0 Å². The first-order valence-electron chi connectivity index (χ1n) is 37.8. The average Bonchev–Trinajstić information content (AvgIpc) is 1.81. The molecule has 4 aromatic carbocycles. The first-order chi connectivity index (χ1) is 51.7. The maximum atomic E-state index is 11.8. The maximum absolute atomic E-state index is 11.8. The lowest BCUT2D eigenvalue weighted by atomic mass is 10.1. The van der Waals surface area contributed by atoms with Crippen molar-refractivity contribution in [3.8, 4) is 45.0 Å². The summed E-state index contributed by atoms with van der Waals surface area (Å²) in [5.74, 6) is -1.45. The zero-order valence-corrected chi connectivity index (χ0v) is 63.1. The minimum absolute atomic E-state index is 0.188. The van der Waals surface area contributed by atoms with Crippen LogP contribution in [0.3, 0.4) is 0 Å². The summed E-state index contributed by atoms with van der Waals surface area (Å²) in [6.45, 7) is 24.4. The van der Waals surface area contributed by atoms with Gasteiger partial charge in [0.25, 0.3) is 17.7 Å². The zero-order chi connectivity index (χ0) is 76.3. The Kier molecular flexibility index (Phi) is 33.3. The monoisotopic (exact) mass is 1460 g/mol. The lowest BCUT2D eigenvalue weighted by Crippen LogP contribution is -2.26. The molecule has 568 valence electrons. The van der Waals surface area contributed by atoms with E-state index in [1.807, 2.05) is 82.2 Å². The highest BCUT2D eigenvalue weighted by atomic mass is 16.7. The van der Waals surface area contributed by atoms with Crippen LogP contribution in [0.15, 0.2) is 159 Å². The Bertz CT molecular complexity index is 4140. The molecule has 3 amide bonds. The van der Waals surface area contributed by atoms with Crippen LogP contribution in [-0.2, 0) is 74.3 Å². The molecule has 0 unspecified atom stereocenters. The van der Waals surface area contributed by atoms with Gasteiger partial charge in [-0.2, -0.15) is 0 Å². The number of allylic oxidation sites excluding steroid dienone is 3. The first kappa shape index (κ1) is 81.8. The second-order valence-corrected chi connectivity index (χ2v) is 27.7. The average molecular weight is 1460 g/mol. The smallest absolute Gasteiger partial charge is 0.333 e. The fourth-order valence-corrected chi connectivity index (χ4v) is 11.8. The number of rotatable bonds is 37. The van der Waals surface area contributed by atoms with Gasteiger partial charge in [0.1, 0.15) is 28.6 Å². The highest BCUT2D eigenvalue weighted by Gasteiger charge is 2.30. The molecule has 0 saturated carbocycles. The van der Waals surface area contributed by atoms with Gasteiger partial charge in [-0.3, -0.25) is 33.1 Å². The molecular weight excluding hydrogens is 1350 g/mol. The lowest BCUT2D eigenvalue weighted by molar-refractivity contribution is -0.186. The van der Waals surface area contributed by atoms with Crippen LogP contribution in [0, 0.1) is 27.7 Å². The van der Waals surface area contributed by atoms with Gasteiger partial charge in [-0.25, -0.2) is 14.4 Å². The number of hydrogen-bond donors (Lipinski definition) is 0. The van der Waals surface area contributed by atoms with E-state index in [0.717, 1.165) is 170 Å². The topological polar surface area (TPSA) is 280 Å². The molecule has 3 saturated heterocycles. The van der Waals surface area contributed by atoms with E-state index in [1.165, 1.54) is 47.9 Å². The summed E-state index contributed by atoms with van der Waals surface area (Å²) in [6.07, 6.45) is 30.4. The van der Waals surface area contributed by atoms with Crippen molar-refractivity contribution in [3.63, 3.8) is 0 Å². The molecule has 0 bridgehead atoms. The minimum atomic E-state index is -0.416. The van der Waals surface area contributed by atoms with Crippen molar-refractivity contribution >= 4 is 41.4 Å². The maximum Gasteiger partial charge on any atom is 0.333 e. The van der Waals surface area contributed by atoms with E-state index < -0.39 is 5.97 Å². The molecule has 3 aliphatic heterocycles. The second-order valence-electron chi connectivity index (χ2n) is 27.7. The molecule has 25 heteroatoms. The van der Waals surface area contributed by atoms with E-state index in [1.54, 1.807) is 11.6 Å². The molecule has 3 fully saturated rings. The molecule has 0 spiro atoms. The van der Waals surface area contributed by atoms with Crippen molar-refractivity contribution < 1.29 is 48.1 Å². The van der Waals surface area contributed by atoms with Crippen LogP contribution in [0.25, 0.3) is 45.0 Å². The number of aromatic nitrogens is 12. The van der Waals surface area contributed by atoms with Crippen molar-refractivity contribution in [2.24, 2.45) is 0 Å². The largest absolute Gasteiger partial charge is 0.334 e. The number of hydrogen-bond acceptors (Lipinski definition) is 18. The van der Waals surface area contributed by atoms with E-state index in [4.69, 9.17) is 14.5 Å². The number of benzene rings is 4. The van der Waals surface area contributed by atoms with Crippen LogP contribution in [0.1, 0.15) is 209 Å². The predicted octanol–water partition coefficient (Wildman–Crippen LogP) is 16.0. The summed E-state index contributed by atoms with van der Waals surface area (Å²) < 4.78 is 7.46. The molecule has 0 N–H and O–H groups in total. The van der Waals surface area contributed by atoms with Gasteiger partial charge in [-0.1, -0.05) is 224 Å². The number of hydroxylamine groups is 6. The van der Waals surface area contributed by atoms with Crippen molar-refractivity contribution in [2.45, 2.75) is 241 Å². The standard InChI is InChI=1S/C23H30N4O3.C21H26N4O3.C19H22N4O3.C19H27N3O/c1-18-10-13-20(14-11-18)21-17-26(25-24-21)16-8-6-4-3-5-7-9-23(29)30-27-19(2)12-15-22(27)28;1-16-8-11-18(12-9-16)19-15-24(23-22-19)14-6-4-3-5-7-21(27)28-25-17(2)10-13-20(25)26;1-14-6-9-16(10-7-14)17-13-22(21-20-17)12-4-3-5-19(25)26-23-15(2)8-11-18(23)24;1-16-10-12-18(13-11-16)19-15-22(21-20-19)14-8-6-4-3-5-7-9-17(2)23/h10-11,13-14,17H,2-9,12,15-16H2,1H3;8-9,11-12,15H,2-7,10,13-14H2,1H3;6-7,9-10,13H,2-5,8,11-12H2,1H3;10-13,15H,3-9,14H2,1-2H3. The lowest BCUT2D eigenvalue weighted by Gasteiger charge is -2.15. The number of ketones is 1. The summed E-state index contributed by atoms with van der Waals surface area (Å²) in [4.78, 5) is 96.2. The van der Waals surface area contributed by atoms with Crippen LogP contribution in [0.5, 0.6) is 0 Å². The number of Topliss-reactive ketones (excluding diaryl/α,β-unsaturated/α-hetero) is 1. The van der Waals surface area contributed by atoms with Crippen molar-refractivity contribution in [2.75, 3.05) is 0 Å². The SMILES string of the molecule is C=C1CCC(=O)N1OC(=O)CCCCCCCCn1cc(-c2ccc(C)cc2)nn1.C=C1CCC(=O)N1OC(=O)CCCCCCn1cc(-c2ccc(C)cc2)nn1.C=C1CCC(=O)N1OC(=O)CCCCn1cc(-c2ccc(C)cc2)nn1.CC(=O)CCCCCCCCn1cc(-c2ccc(C)cc2)nn1. The fraction of sp³-hybridized carbons (Fsp3) is 0.451. The van der Waals surface area contributed by atoms with Crippen LogP contribution >= 0.6 is 0 Å². The predicted molar refractivity (Wildman–Crippen MR) is 407 cm³/mol. The molecular formula is C82H105N15O10. The van der Waals surface area contributed by atoms with Crippen LogP contribution in [-0.4, -0.2) is 117 Å². The van der Waals surface area contributed by atoms with Gasteiger partial charge in [0.05, 0.1) is 41.9 Å². The summed E-state index contributed by atoms with van der Waals surface area (Å²) in [7, 11) is 0. The van der Waals surface area contributed by atoms with Gasteiger partial charge in [0.15, 0.2) is 0 Å². The summed E-state index contributed by atoms with van der Waals surface area (Å²) >= 11 is 0. The molecule has 3 aliphatic rings. The highest BCUT2D eigenvalue weighted by molar-refractivity contribution is 5.83. The second kappa shape index (κ2) is 43.6. The Morgan fingerprint density at radius 1 is 0.318 bits per heavy atom. The van der Waals surface area contributed by atoms with Gasteiger partial charge >= 0.3 is 17.9 Å². The summed E-state index contributed by atoms with van der Waals surface area (Å²) in [5, 5.41) is 36.8. The van der Waals surface area contributed by atoms with Crippen molar-refractivity contribution in [1.82, 2.24) is 75.2 Å². The number of aryl methyl sites for hydroxylation is 8. The molecule has 4 aromatic heterocycles. The molecule has 107 heavy (non-hydrogen) atoms. The van der Waals surface area contributed by atoms with E-state index in [-0.39, 0.29) is 36.1 Å². The third-order valence-electron chi connectivity index (χ3n) is 18.3. The Morgan fingerprint density at radius 3 is 0.766 bits per heavy atom. The third-order valence-corrected chi connectivity index (χ3v) is 18.3. The number of carbonyl (C=O) groups excluding carboxylic acids is 7. The van der Waals surface area contributed by atoms with Crippen LogP contribution in [0.4, 0.5) is 0 Å². The molecule has 7 heterocycles. The number of carbonyl (C=O) groups is 7. The molecule has 25 nitrogen and oxygen atoms in total. The number of unbranched alkanes of at least 4 members (excludes halogenated alkanes) is 14. The van der Waals surface area contributed by atoms with E-state index >= 15 is 0 Å². The van der Waals surface area contributed by atoms with Gasteiger partial charge < -0.3 is 19.3 Å².